The molecule has 0 unspecified atom stereocenters. The van der Waals surface area contributed by atoms with Crippen molar-refractivity contribution in [3.63, 3.8) is 0 Å². The summed E-state index contributed by atoms with van der Waals surface area (Å²) in [5.41, 5.74) is 3.27. The smallest absolute Gasteiger partial charge is 0.136 e. The Bertz CT molecular complexity index is 879. The van der Waals surface area contributed by atoms with Crippen LogP contribution in [0.25, 0.3) is 11.8 Å². The van der Waals surface area contributed by atoms with Crippen molar-refractivity contribution in [3.8, 4) is 17.6 Å². The molecule has 0 atom stereocenters. The van der Waals surface area contributed by atoms with Gasteiger partial charge in [0.05, 0.1) is 6.07 Å². The first-order chi connectivity index (χ1) is 12.7. The molecule has 132 valence electrons. The zero-order valence-corrected chi connectivity index (χ0v) is 15.2. The summed E-state index contributed by atoms with van der Waals surface area (Å²) in [6.07, 6.45) is 2.77. The van der Waals surface area contributed by atoms with Crippen LogP contribution >= 0.6 is 11.6 Å². The van der Waals surface area contributed by atoms with E-state index in [1.807, 2.05) is 36.4 Å². The standard InChI is InChI=1S/C21H20ClN3O/c22-17-6-7-20-16(14-17)15-19(18-4-1-2-5-21(18)26-20)25-12-10-24(11-13-25)9-3-8-23/h1-2,4-7,14-15H,3,9-13H2. The third-order valence-electron chi connectivity index (χ3n) is 4.90. The van der Waals surface area contributed by atoms with Crippen LogP contribution in [0.2, 0.25) is 5.02 Å². The summed E-state index contributed by atoms with van der Waals surface area (Å²) < 4.78 is 6.17. The van der Waals surface area contributed by atoms with Crippen molar-refractivity contribution < 1.29 is 4.74 Å². The maximum absolute atomic E-state index is 8.79. The molecule has 26 heavy (non-hydrogen) atoms. The Kier molecular flexibility index (Phi) is 4.83. The minimum absolute atomic E-state index is 0.589. The van der Waals surface area contributed by atoms with Gasteiger partial charge in [0.2, 0.25) is 0 Å². The second kappa shape index (κ2) is 7.41. The molecule has 5 heteroatoms. The molecular weight excluding hydrogens is 346 g/mol. The number of halogens is 1. The fraction of sp³-hybridized carbons (Fsp3) is 0.286. The van der Waals surface area contributed by atoms with Gasteiger partial charge in [0, 0.05) is 61.0 Å². The van der Waals surface area contributed by atoms with Crippen molar-refractivity contribution in [1.82, 2.24) is 9.80 Å². The van der Waals surface area contributed by atoms with Crippen LogP contribution in [0.15, 0.2) is 42.5 Å². The fourth-order valence-electron chi connectivity index (χ4n) is 3.52. The van der Waals surface area contributed by atoms with Crippen LogP contribution in [-0.2, 0) is 0 Å². The van der Waals surface area contributed by atoms with E-state index in [9.17, 15) is 0 Å². The van der Waals surface area contributed by atoms with E-state index < -0.39 is 0 Å². The summed E-state index contributed by atoms with van der Waals surface area (Å²) in [6.45, 7) is 4.64. The van der Waals surface area contributed by atoms with Crippen LogP contribution in [0.1, 0.15) is 17.5 Å². The monoisotopic (exact) mass is 365 g/mol. The molecule has 0 saturated carbocycles. The van der Waals surface area contributed by atoms with Gasteiger partial charge in [0.1, 0.15) is 11.5 Å². The van der Waals surface area contributed by atoms with E-state index >= 15 is 0 Å². The summed E-state index contributed by atoms with van der Waals surface area (Å²) in [6, 6.07) is 16.1. The normalized spacial score (nSPS) is 16.6. The zero-order chi connectivity index (χ0) is 17.9. The van der Waals surface area contributed by atoms with Crippen LogP contribution < -0.4 is 4.74 Å². The summed E-state index contributed by atoms with van der Waals surface area (Å²) in [4.78, 5) is 4.76. The molecule has 1 fully saturated rings. The van der Waals surface area contributed by atoms with Gasteiger partial charge >= 0.3 is 0 Å². The predicted molar refractivity (Wildman–Crippen MR) is 104 cm³/mol. The highest BCUT2D eigenvalue weighted by atomic mass is 35.5. The summed E-state index contributed by atoms with van der Waals surface area (Å²) in [7, 11) is 0. The average Bonchev–Trinajstić information content (AvgIpc) is 2.83. The molecule has 4 rings (SSSR count). The Morgan fingerprint density at radius 3 is 2.65 bits per heavy atom. The first-order valence-electron chi connectivity index (χ1n) is 8.87. The van der Waals surface area contributed by atoms with E-state index in [0.717, 1.165) is 55.3 Å². The summed E-state index contributed by atoms with van der Waals surface area (Å²) >= 11 is 6.21. The lowest BCUT2D eigenvalue weighted by atomic mass is 10.1. The van der Waals surface area contributed by atoms with E-state index in [1.54, 1.807) is 0 Å². The van der Waals surface area contributed by atoms with Crippen molar-refractivity contribution in [1.29, 1.82) is 5.26 Å². The topological polar surface area (TPSA) is 39.5 Å². The van der Waals surface area contributed by atoms with Crippen molar-refractivity contribution >= 4 is 23.4 Å². The maximum atomic E-state index is 8.79. The molecule has 0 bridgehead atoms. The van der Waals surface area contributed by atoms with Gasteiger partial charge in [-0.05, 0) is 36.4 Å². The number of fused-ring (bicyclic) bond motifs is 2. The van der Waals surface area contributed by atoms with Gasteiger partial charge in [0.25, 0.3) is 0 Å². The first-order valence-corrected chi connectivity index (χ1v) is 9.25. The Balaban J connectivity index is 1.66. The summed E-state index contributed by atoms with van der Waals surface area (Å²) in [5.74, 6) is 1.69. The number of hydrogen-bond donors (Lipinski definition) is 0. The Morgan fingerprint density at radius 1 is 1.04 bits per heavy atom. The van der Waals surface area contributed by atoms with Gasteiger partial charge in [-0.25, -0.2) is 0 Å². The van der Waals surface area contributed by atoms with Crippen LogP contribution in [0.3, 0.4) is 0 Å². The number of hydrogen-bond acceptors (Lipinski definition) is 4. The van der Waals surface area contributed by atoms with Crippen LogP contribution in [-0.4, -0.2) is 42.5 Å². The molecule has 1 saturated heterocycles. The molecule has 0 amide bonds. The average molecular weight is 366 g/mol. The molecular formula is C21H20ClN3O. The molecule has 2 aliphatic heterocycles. The highest BCUT2D eigenvalue weighted by molar-refractivity contribution is 6.30. The molecule has 2 aromatic rings. The highest BCUT2D eigenvalue weighted by Gasteiger charge is 2.24. The largest absolute Gasteiger partial charge is 0.456 e. The molecule has 2 heterocycles. The Labute approximate surface area is 158 Å². The van der Waals surface area contributed by atoms with Crippen molar-refractivity contribution in [2.75, 3.05) is 32.7 Å². The molecule has 4 nitrogen and oxygen atoms in total. The van der Waals surface area contributed by atoms with E-state index in [4.69, 9.17) is 21.6 Å². The number of rotatable bonds is 3. The molecule has 2 aromatic carbocycles. The molecule has 0 spiro atoms. The van der Waals surface area contributed by atoms with E-state index in [0.29, 0.717) is 11.4 Å². The third kappa shape index (κ3) is 3.41. The van der Waals surface area contributed by atoms with Gasteiger partial charge in [-0.1, -0.05) is 23.7 Å². The molecule has 0 radical (unpaired) electrons. The SMILES string of the molecule is N#CCCN1CCN(C2=Cc3cc(Cl)ccc3Oc3ccccc32)CC1. The van der Waals surface area contributed by atoms with Crippen molar-refractivity contribution in [2.24, 2.45) is 0 Å². The lowest BCUT2D eigenvalue weighted by Crippen LogP contribution is -2.45. The van der Waals surface area contributed by atoms with Crippen LogP contribution in [0.4, 0.5) is 0 Å². The lowest BCUT2D eigenvalue weighted by Gasteiger charge is -2.37. The predicted octanol–water partition coefficient (Wildman–Crippen LogP) is 4.48. The van der Waals surface area contributed by atoms with Gasteiger partial charge in [0.15, 0.2) is 0 Å². The van der Waals surface area contributed by atoms with E-state index in [-0.39, 0.29) is 0 Å². The fourth-order valence-corrected chi connectivity index (χ4v) is 3.70. The van der Waals surface area contributed by atoms with Crippen LogP contribution in [0, 0.1) is 11.3 Å². The van der Waals surface area contributed by atoms with Gasteiger partial charge in [-0.3, -0.25) is 4.90 Å². The lowest BCUT2D eigenvalue weighted by molar-refractivity contribution is 0.179. The van der Waals surface area contributed by atoms with Crippen molar-refractivity contribution in [3.05, 3.63) is 58.6 Å². The third-order valence-corrected chi connectivity index (χ3v) is 5.13. The molecule has 0 aromatic heterocycles. The van der Waals surface area contributed by atoms with E-state index in [2.05, 4.69) is 28.0 Å². The number of nitriles is 1. The van der Waals surface area contributed by atoms with Crippen LogP contribution in [0.5, 0.6) is 11.5 Å². The van der Waals surface area contributed by atoms with Crippen molar-refractivity contribution in [2.45, 2.75) is 6.42 Å². The number of ether oxygens (including phenoxy) is 1. The number of para-hydroxylation sites is 1. The van der Waals surface area contributed by atoms with E-state index in [1.165, 1.54) is 5.70 Å². The minimum atomic E-state index is 0.589. The van der Waals surface area contributed by atoms with Gasteiger partial charge in [-0.2, -0.15) is 5.26 Å². The first kappa shape index (κ1) is 17.0. The van der Waals surface area contributed by atoms with Gasteiger partial charge in [-0.15, -0.1) is 0 Å². The highest BCUT2D eigenvalue weighted by Crippen LogP contribution is 2.40. The Morgan fingerprint density at radius 2 is 1.85 bits per heavy atom. The maximum Gasteiger partial charge on any atom is 0.136 e. The molecule has 0 aliphatic carbocycles. The summed E-state index contributed by atoms with van der Waals surface area (Å²) in [5, 5.41) is 9.49. The zero-order valence-electron chi connectivity index (χ0n) is 14.5. The quantitative estimate of drug-likeness (QED) is 0.804. The Hall–Kier alpha value is -2.48. The second-order valence-electron chi connectivity index (χ2n) is 6.55. The number of piperazine rings is 1. The number of benzene rings is 2. The second-order valence-corrected chi connectivity index (χ2v) is 6.98. The minimum Gasteiger partial charge on any atom is -0.456 e. The molecule has 2 aliphatic rings. The molecule has 0 N–H and O–H groups in total. The van der Waals surface area contributed by atoms with Gasteiger partial charge < -0.3 is 9.64 Å². The number of nitrogens with zero attached hydrogens (tertiary/aromatic N) is 3.